The molecule has 0 saturated carbocycles. The van der Waals surface area contributed by atoms with Gasteiger partial charge in [0.1, 0.15) is 0 Å². The second kappa shape index (κ2) is 6.12. The molecule has 0 aromatic heterocycles. The Balaban J connectivity index is 2.08. The Morgan fingerprint density at radius 3 is 2.37 bits per heavy atom. The van der Waals surface area contributed by atoms with Crippen molar-refractivity contribution < 1.29 is 0 Å². The fourth-order valence-corrected chi connectivity index (χ4v) is 2.44. The summed E-state index contributed by atoms with van der Waals surface area (Å²) in [5, 5.41) is 9.61. The lowest BCUT2D eigenvalue weighted by molar-refractivity contribution is 1.13. The van der Waals surface area contributed by atoms with Gasteiger partial charge in [0.05, 0.1) is 15.2 Å². The van der Waals surface area contributed by atoms with E-state index < -0.39 is 0 Å². The number of anilines is 1. The molecule has 93 valence electrons. The fourth-order valence-electron chi connectivity index (χ4n) is 1.69. The Hall–Kier alpha value is -2.18. The minimum atomic E-state index is 0.484. The lowest BCUT2D eigenvalue weighted by Gasteiger charge is -2.11. The third-order valence-electron chi connectivity index (χ3n) is 2.83. The number of nitrogens with zero attached hydrogens (tertiary/aromatic N) is 2. The van der Waals surface area contributed by atoms with Gasteiger partial charge in [0.15, 0.2) is 0 Å². The number of hydrogen-bond acceptors (Lipinski definition) is 2. The van der Waals surface area contributed by atoms with E-state index in [2.05, 4.69) is 53.1 Å². The van der Waals surface area contributed by atoms with Crippen molar-refractivity contribution in [3.63, 3.8) is 0 Å². The molecule has 1 aromatic carbocycles. The van der Waals surface area contributed by atoms with Crippen molar-refractivity contribution in [1.29, 1.82) is 5.26 Å². The molecule has 3 heteroatoms. The molecule has 1 aromatic rings. The monoisotopic (exact) mass is 263 g/mol. The molecular formula is C16H15N2Si. The first kappa shape index (κ1) is 13.3. The SMILES string of the molecule is CN(C)c1ccc(/C=C/C2=C[Si]=C(C#N)C=C2)cc1. The number of hydrogen-bond donors (Lipinski definition) is 0. The van der Waals surface area contributed by atoms with Crippen molar-refractivity contribution >= 4 is 26.1 Å². The van der Waals surface area contributed by atoms with Gasteiger partial charge in [-0.1, -0.05) is 36.1 Å². The predicted octanol–water partition coefficient (Wildman–Crippen LogP) is 2.62. The van der Waals surface area contributed by atoms with Crippen molar-refractivity contribution in [2.45, 2.75) is 0 Å². The maximum absolute atomic E-state index is 8.77. The van der Waals surface area contributed by atoms with E-state index in [1.165, 1.54) is 11.3 Å². The minimum Gasteiger partial charge on any atom is -0.378 e. The van der Waals surface area contributed by atoms with Crippen LogP contribution in [0.4, 0.5) is 5.69 Å². The lowest BCUT2D eigenvalue weighted by Crippen LogP contribution is -2.07. The summed E-state index contributed by atoms with van der Waals surface area (Å²) in [7, 11) is 4.55. The molecule has 0 spiro atoms. The van der Waals surface area contributed by atoms with E-state index >= 15 is 0 Å². The van der Waals surface area contributed by atoms with Crippen LogP contribution in [0, 0.1) is 11.3 Å². The average Bonchev–Trinajstić information content (AvgIpc) is 2.46. The molecule has 0 fully saturated rings. The molecule has 2 rings (SSSR count). The van der Waals surface area contributed by atoms with Crippen LogP contribution >= 0.6 is 0 Å². The molecule has 1 aliphatic rings. The highest BCUT2D eigenvalue weighted by Gasteiger charge is 1.96. The quantitative estimate of drug-likeness (QED) is 0.784. The number of rotatable bonds is 3. The van der Waals surface area contributed by atoms with Gasteiger partial charge in [0, 0.05) is 25.0 Å². The molecule has 19 heavy (non-hydrogen) atoms. The summed E-state index contributed by atoms with van der Waals surface area (Å²) >= 11 is 0. The summed E-state index contributed by atoms with van der Waals surface area (Å²) in [6.45, 7) is 0. The molecule has 0 bridgehead atoms. The van der Waals surface area contributed by atoms with Crippen LogP contribution in [-0.4, -0.2) is 28.4 Å². The molecule has 0 aliphatic carbocycles. The van der Waals surface area contributed by atoms with E-state index in [9.17, 15) is 0 Å². The molecule has 1 radical (unpaired) electrons. The lowest BCUT2D eigenvalue weighted by atomic mass is 10.1. The highest BCUT2D eigenvalue weighted by Crippen LogP contribution is 2.14. The Kier molecular flexibility index (Phi) is 4.27. The van der Waals surface area contributed by atoms with Gasteiger partial charge in [0.2, 0.25) is 0 Å². The molecule has 1 aliphatic heterocycles. The third-order valence-corrected chi connectivity index (χ3v) is 3.90. The number of nitriles is 1. The molecule has 0 amide bonds. The zero-order valence-corrected chi connectivity index (χ0v) is 12.1. The van der Waals surface area contributed by atoms with Crippen LogP contribution in [0.5, 0.6) is 0 Å². The topological polar surface area (TPSA) is 27.0 Å². The smallest absolute Gasteiger partial charge is 0.0940 e. The van der Waals surface area contributed by atoms with E-state index in [0.717, 1.165) is 10.7 Å². The second-order valence-corrected chi connectivity index (χ2v) is 5.58. The van der Waals surface area contributed by atoms with Gasteiger partial charge in [-0.25, -0.2) is 0 Å². The summed E-state index contributed by atoms with van der Waals surface area (Å²) in [4.78, 5) is 2.08. The molecule has 2 nitrogen and oxygen atoms in total. The summed E-state index contributed by atoms with van der Waals surface area (Å²) in [5.41, 5.74) is 5.64. The Morgan fingerprint density at radius 1 is 1.11 bits per heavy atom. The van der Waals surface area contributed by atoms with Crippen LogP contribution in [0.3, 0.4) is 0 Å². The van der Waals surface area contributed by atoms with E-state index in [-0.39, 0.29) is 0 Å². The minimum absolute atomic E-state index is 0.484. The van der Waals surface area contributed by atoms with Crippen molar-refractivity contribution in [3.8, 4) is 6.07 Å². The van der Waals surface area contributed by atoms with Crippen molar-refractivity contribution in [2.24, 2.45) is 0 Å². The molecule has 0 unspecified atom stereocenters. The summed E-state index contributed by atoms with van der Waals surface area (Å²) in [5.74, 6) is 0. The molecule has 0 saturated heterocycles. The summed E-state index contributed by atoms with van der Waals surface area (Å²) < 4.78 is 0. The third kappa shape index (κ3) is 3.64. The van der Waals surface area contributed by atoms with E-state index in [1.54, 1.807) is 0 Å². The van der Waals surface area contributed by atoms with Gasteiger partial charge in [-0.05, 0) is 29.3 Å². The molecule has 0 N–H and O–H groups in total. The maximum Gasteiger partial charge on any atom is 0.0940 e. The summed E-state index contributed by atoms with van der Waals surface area (Å²) in [6.07, 6.45) is 8.06. The van der Waals surface area contributed by atoms with Crippen LogP contribution in [0.25, 0.3) is 6.08 Å². The maximum atomic E-state index is 8.77. The number of allylic oxidation sites excluding steroid dienone is 4. The number of benzene rings is 1. The second-order valence-electron chi connectivity index (χ2n) is 4.47. The van der Waals surface area contributed by atoms with Crippen LogP contribution in [-0.2, 0) is 0 Å². The van der Waals surface area contributed by atoms with Crippen LogP contribution in [0.2, 0.25) is 0 Å². The highest BCUT2D eigenvalue weighted by molar-refractivity contribution is 6.65. The van der Waals surface area contributed by atoms with Crippen LogP contribution < -0.4 is 4.90 Å². The van der Waals surface area contributed by atoms with Crippen LogP contribution in [0.1, 0.15) is 5.56 Å². The summed E-state index contributed by atoms with van der Waals surface area (Å²) in [6, 6.07) is 10.6. The molecular weight excluding hydrogens is 248 g/mol. The zero-order valence-electron chi connectivity index (χ0n) is 11.1. The Morgan fingerprint density at radius 2 is 1.84 bits per heavy atom. The standard InChI is InChI=1S/C16H15N2Si/c1-18(2)15-8-5-13(6-9-15)3-4-14-7-10-16(11-17)19-12-14/h3-10,12H,1-2H3/b4-3+. The average molecular weight is 263 g/mol. The van der Waals surface area contributed by atoms with Gasteiger partial charge in [0.25, 0.3) is 0 Å². The van der Waals surface area contributed by atoms with Crippen molar-refractivity contribution in [3.05, 3.63) is 59.3 Å². The van der Waals surface area contributed by atoms with E-state index in [0.29, 0.717) is 9.13 Å². The van der Waals surface area contributed by atoms with E-state index in [4.69, 9.17) is 5.26 Å². The van der Waals surface area contributed by atoms with Crippen molar-refractivity contribution in [2.75, 3.05) is 19.0 Å². The largest absolute Gasteiger partial charge is 0.378 e. The fraction of sp³-hybridized carbons (Fsp3) is 0.125. The normalized spacial score (nSPS) is 13.9. The van der Waals surface area contributed by atoms with Gasteiger partial charge in [-0.2, -0.15) is 5.26 Å². The Labute approximate surface area is 116 Å². The molecule has 0 atom stereocenters. The van der Waals surface area contributed by atoms with E-state index in [1.807, 2.05) is 26.2 Å². The van der Waals surface area contributed by atoms with Crippen LogP contribution in [0.15, 0.2) is 53.8 Å². The first-order valence-electron chi connectivity index (χ1n) is 6.06. The van der Waals surface area contributed by atoms with Crippen molar-refractivity contribution in [1.82, 2.24) is 0 Å². The first-order chi connectivity index (χ1) is 9.19. The van der Waals surface area contributed by atoms with Gasteiger partial charge < -0.3 is 4.90 Å². The Bertz CT molecular complexity index is 611. The molecule has 1 heterocycles. The zero-order chi connectivity index (χ0) is 13.7. The highest BCUT2D eigenvalue weighted by atomic mass is 28.2. The predicted molar refractivity (Wildman–Crippen MR) is 83.4 cm³/mol. The first-order valence-corrected chi connectivity index (χ1v) is 7.14. The van der Waals surface area contributed by atoms with Gasteiger partial charge in [-0.3, -0.25) is 0 Å². The van der Waals surface area contributed by atoms with Gasteiger partial charge >= 0.3 is 0 Å². The van der Waals surface area contributed by atoms with Gasteiger partial charge in [-0.15, -0.1) is 0 Å².